The Morgan fingerprint density at radius 1 is 1.19 bits per heavy atom. The van der Waals surface area contributed by atoms with Crippen molar-refractivity contribution in [2.45, 2.75) is 13.5 Å². The van der Waals surface area contributed by atoms with Crippen molar-refractivity contribution in [2.24, 2.45) is 0 Å². The van der Waals surface area contributed by atoms with Crippen LogP contribution in [0.5, 0.6) is 5.75 Å². The summed E-state index contributed by atoms with van der Waals surface area (Å²) in [6.45, 7) is 2.56. The molecule has 0 aliphatic carbocycles. The fraction of sp³-hybridized carbons (Fsp3) is 0.176. The number of aryl methyl sites for hydroxylation is 1. The first-order chi connectivity index (χ1) is 10.2. The molecule has 108 valence electrons. The SMILES string of the molecule is COc1cc(Cl)c(C)cc1NCc1cc2ccccc2o1. The van der Waals surface area contributed by atoms with Crippen LogP contribution in [0.25, 0.3) is 11.0 Å². The van der Waals surface area contributed by atoms with Crippen LogP contribution in [-0.4, -0.2) is 7.11 Å². The average molecular weight is 302 g/mol. The summed E-state index contributed by atoms with van der Waals surface area (Å²) in [7, 11) is 1.63. The van der Waals surface area contributed by atoms with Gasteiger partial charge in [0, 0.05) is 16.5 Å². The van der Waals surface area contributed by atoms with Crippen molar-refractivity contribution in [3.63, 3.8) is 0 Å². The maximum absolute atomic E-state index is 6.11. The second-order valence-electron chi connectivity index (χ2n) is 4.91. The van der Waals surface area contributed by atoms with E-state index in [1.807, 2.05) is 49.4 Å². The van der Waals surface area contributed by atoms with Crippen LogP contribution < -0.4 is 10.1 Å². The van der Waals surface area contributed by atoms with Gasteiger partial charge in [-0.05, 0) is 30.7 Å². The topological polar surface area (TPSA) is 34.4 Å². The van der Waals surface area contributed by atoms with Gasteiger partial charge in [-0.15, -0.1) is 0 Å². The lowest BCUT2D eigenvalue weighted by Crippen LogP contribution is -2.01. The summed E-state index contributed by atoms with van der Waals surface area (Å²) in [5.74, 6) is 1.60. The number of hydrogen-bond donors (Lipinski definition) is 1. The Kier molecular flexibility index (Phi) is 3.76. The van der Waals surface area contributed by atoms with Gasteiger partial charge < -0.3 is 14.5 Å². The third-order valence-corrected chi connectivity index (χ3v) is 3.82. The maximum atomic E-state index is 6.11. The summed E-state index contributed by atoms with van der Waals surface area (Å²) >= 11 is 6.11. The molecule has 0 saturated heterocycles. The smallest absolute Gasteiger partial charge is 0.143 e. The average Bonchev–Trinajstić information content (AvgIpc) is 2.90. The van der Waals surface area contributed by atoms with Crippen molar-refractivity contribution in [3.05, 3.63) is 58.8 Å². The molecule has 3 aromatic rings. The van der Waals surface area contributed by atoms with Crippen LogP contribution in [0.1, 0.15) is 11.3 Å². The third-order valence-electron chi connectivity index (χ3n) is 3.41. The lowest BCUT2D eigenvalue weighted by atomic mass is 10.2. The number of methoxy groups -OCH3 is 1. The Labute approximate surface area is 128 Å². The quantitative estimate of drug-likeness (QED) is 0.735. The van der Waals surface area contributed by atoms with Gasteiger partial charge in [-0.3, -0.25) is 0 Å². The number of hydrogen-bond acceptors (Lipinski definition) is 3. The van der Waals surface area contributed by atoms with Crippen molar-refractivity contribution in [2.75, 3.05) is 12.4 Å². The van der Waals surface area contributed by atoms with Crippen molar-refractivity contribution in [1.29, 1.82) is 0 Å². The standard InChI is InChI=1S/C17H16ClNO2/c1-11-7-15(17(20-2)9-14(11)18)19-10-13-8-12-5-3-4-6-16(12)21-13/h3-9,19H,10H2,1-2H3. The summed E-state index contributed by atoms with van der Waals surface area (Å²) in [5.41, 5.74) is 2.80. The number of benzene rings is 2. The van der Waals surface area contributed by atoms with Crippen LogP contribution in [0.3, 0.4) is 0 Å². The summed E-state index contributed by atoms with van der Waals surface area (Å²) in [6.07, 6.45) is 0. The molecule has 0 unspecified atom stereocenters. The Bertz CT molecular complexity index is 747. The molecular weight excluding hydrogens is 286 g/mol. The zero-order valence-corrected chi connectivity index (χ0v) is 12.7. The molecule has 0 radical (unpaired) electrons. The number of fused-ring (bicyclic) bond motifs is 1. The van der Waals surface area contributed by atoms with E-state index >= 15 is 0 Å². The van der Waals surface area contributed by atoms with E-state index in [-0.39, 0.29) is 0 Å². The van der Waals surface area contributed by atoms with E-state index in [9.17, 15) is 0 Å². The van der Waals surface area contributed by atoms with E-state index in [0.717, 1.165) is 33.7 Å². The molecule has 0 aliphatic heterocycles. The summed E-state index contributed by atoms with van der Waals surface area (Å²) in [4.78, 5) is 0. The maximum Gasteiger partial charge on any atom is 0.143 e. The molecule has 2 aromatic carbocycles. The predicted octanol–water partition coefficient (Wildman–Crippen LogP) is 5.02. The van der Waals surface area contributed by atoms with E-state index in [1.165, 1.54) is 0 Å². The molecule has 0 bridgehead atoms. The zero-order valence-electron chi connectivity index (χ0n) is 11.9. The van der Waals surface area contributed by atoms with Crippen molar-refractivity contribution in [3.8, 4) is 5.75 Å². The van der Waals surface area contributed by atoms with Gasteiger partial charge in [-0.1, -0.05) is 29.8 Å². The van der Waals surface area contributed by atoms with Crippen molar-refractivity contribution in [1.82, 2.24) is 0 Å². The van der Waals surface area contributed by atoms with E-state index in [4.69, 9.17) is 20.8 Å². The second kappa shape index (κ2) is 5.70. The van der Waals surface area contributed by atoms with Gasteiger partial charge in [-0.25, -0.2) is 0 Å². The van der Waals surface area contributed by atoms with E-state index in [1.54, 1.807) is 7.11 Å². The molecule has 0 fully saturated rings. The molecule has 1 heterocycles. The summed E-state index contributed by atoms with van der Waals surface area (Å²) in [5, 5.41) is 5.13. The van der Waals surface area contributed by atoms with Crippen LogP contribution in [0.4, 0.5) is 5.69 Å². The molecule has 4 heteroatoms. The number of anilines is 1. The minimum Gasteiger partial charge on any atom is -0.495 e. The van der Waals surface area contributed by atoms with Gasteiger partial charge in [0.05, 0.1) is 19.3 Å². The monoisotopic (exact) mass is 301 g/mol. The van der Waals surface area contributed by atoms with Crippen LogP contribution in [0.2, 0.25) is 5.02 Å². The van der Waals surface area contributed by atoms with Crippen LogP contribution in [0.15, 0.2) is 46.9 Å². The predicted molar refractivity (Wildman–Crippen MR) is 86.3 cm³/mol. The van der Waals surface area contributed by atoms with Gasteiger partial charge in [-0.2, -0.15) is 0 Å². The van der Waals surface area contributed by atoms with Gasteiger partial charge >= 0.3 is 0 Å². The molecule has 0 aliphatic rings. The molecule has 21 heavy (non-hydrogen) atoms. The minimum absolute atomic E-state index is 0.589. The fourth-order valence-electron chi connectivity index (χ4n) is 2.28. The number of rotatable bonds is 4. The summed E-state index contributed by atoms with van der Waals surface area (Å²) < 4.78 is 11.1. The van der Waals surface area contributed by atoms with Gasteiger partial charge in [0.25, 0.3) is 0 Å². The highest BCUT2D eigenvalue weighted by Gasteiger charge is 2.08. The van der Waals surface area contributed by atoms with Gasteiger partial charge in [0.1, 0.15) is 17.1 Å². The minimum atomic E-state index is 0.589. The Hall–Kier alpha value is -2.13. The first kappa shape index (κ1) is 13.8. The first-order valence-electron chi connectivity index (χ1n) is 6.73. The molecule has 3 nitrogen and oxygen atoms in total. The molecule has 0 saturated carbocycles. The molecule has 0 spiro atoms. The van der Waals surface area contributed by atoms with Crippen molar-refractivity contribution >= 4 is 28.3 Å². The van der Waals surface area contributed by atoms with Crippen LogP contribution >= 0.6 is 11.6 Å². The number of ether oxygens (including phenoxy) is 1. The zero-order chi connectivity index (χ0) is 14.8. The highest BCUT2D eigenvalue weighted by Crippen LogP contribution is 2.31. The Morgan fingerprint density at radius 3 is 2.76 bits per heavy atom. The number of para-hydroxylation sites is 1. The first-order valence-corrected chi connectivity index (χ1v) is 7.10. The highest BCUT2D eigenvalue weighted by molar-refractivity contribution is 6.31. The molecular formula is C17H16ClNO2. The van der Waals surface area contributed by atoms with E-state index < -0.39 is 0 Å². The third kappa shape index (κ3) is 2.83. The molecule has 0 atom stereocenters. The second-order valence-corrected chi connectivity index (χ2v) is 5.31. The molecule has 3 rings (SSSR count). The Balaban J connectivity index is 1.82. The van der Waals surface area contributed by atoms with E-state index in [2.05, 4.69) is 5.32 Å². The van der Waals surface area contributed by atoms with Crippen molar-refractivity contribution < 1.29 is 9.15 Å². The highest BCUT2D eigenvalue weighted by atomic mass is 35.5. The number of halogens is 1. The molecule has 0 amide bonds. The largest absolute Gasteiger partial charge is 0.495 e. The van der Waals surface area contributed by atoms with Gasteiger partial charge in [0.2, 0.25) is 0 Å². The van der Waals surface area contributed by atoms with Gasteiger partial charge in [0.15, 0.2) is 0 Å². The molecule has 1 N–H and O–H groups in total. The van der Waals surface area contributed by atoms with E-state index in [0.29, 0.717) is 11.6 Å². The summed E-state index contributed by atoms with van der Waals surface area (Å²) in [6, 6.07) is 13.8. The Morgan fingerprint density at radius 2 is 2.00 bits per heavy atom. The van der Waals surface area contributed by atoms with Crippen LogP contribution in [0, 0.1) is 6.92 Å². The normalized spacial score (nSPS) is 10.8. The number of nitrogens with one attached hydrogen (secondary N) is 1. The lowest BCUT2D eigenvalue weighted by Gasteiger charge is -2.12. The van der Waals surface area contributed by atoms with Crippen LogP contribution in [-0.2, 0) is 6.54 Å². The fourth-order valence-corrected chi connectivity index (χ4v) is 2.43. The number of furan rings is 1. The molecule has 1 aromatic heterocycles. The lowest BCUT2D eigenvalue weighted by molar-refractivity contribution is 0.416.